The van der Waals surface area contributed by atoms with Crippen LogP contribution in [0.5, 0.6) is 17.8 Å². The first-order valence-corrected chi connectivity index (χ1v) is 5.74. The number of rotatable bonds is 3. The van der Waals surface area contributed by atoms with Gasteiger partial charge in [0, 0.05) is 3.57 Å². The molecule has 1 aromatic heterocycles. The van der Waals surface area contributed by atoms with Crippen LogP contribution >= 0.6 is 22.6 Å². The number of nitrogens with two attached hydrogens (primary N) is 1. The quantitative estimate of drug-likeness (QED) is 0.856. The first kappa shape index (κ1) is 11.8. The van der Waals surface area contributed by atoms with Gasteiger partial charge < -0.3 is 15.2 Å². The SMILES string of the molecule is COc1nc(N)nc(Oc2cccc(I)c2)n1. The number of halogens is 1. The second-order valence-electron chi connectivity index (χ2n) is 3.02. The van der Waals surface area contributed by atoms with E-state index in [1.54, 1.807) is 6.07 Å². The maximum atomic E-state index is 5.49. The number of nitrogens with zero attached hydrogens (tertiary/aromatic N) is 3. The maximum absolute atomic E-state index is 5.49. The zero-order valence-electron chi connectivity index (χ0n) is 8.92. The van der Waals surface area contributed by atoms with Crippen molar-refractivity contribution < 1.29 is 9.47 Å². The molecule has 0 saturated heterocycles. The van der Waals surface area contributed by atoms with Crippen LogP contribution in [0.4, 0.5) is 5.95 Å². The highest BCUT2D eigenvalue weighted by Gasteiger charge is 2.06. The predicted octanol–water partition coefficient (Wildman–Crippen LogP) is 1.86. The van der Waals surface area contributed by atoms with E-state index >= 15 is 0 Å². The van der Waals surface area contributed by atoms with Gasteiger partial charge in [0.25, 0.3) is 0 Å². The van der Waals surface area contributed by atoms with Gasteiger partial charge in [-0.3, -0.25) is 0 Å². The summed E-state index contributed by atoms with van der Waals surface area (Å²) >= 11 is 2.19. The Morgan fingerprint density at radius 3 is 2.65 bits per heavy atom. The fourth-order valence-electron chi connectivity index (χ4n) is 1.13. The lowest BCUT2D eigenvalue weighted by Crippen LogP contribution is -2.02. The molecular formula is C10H9IN4O2. The largest absolute Gasteiger partial charge is 0.467 e. The van der Waals surface area contributed by atoms with Gasteiger partial charge in [-0.1, -0.05) is 6.07 Å². The summed E-state index contributed by atoms with van der Waals surface area (Å²) < 4.78 is 11.4. The standard InChI is InChI=1S/C10H9IN4O2/c1-16-9-13-8(12)14-10(15-9)17-7-4-2-3-6(11)5-7/h2-5H,1H3,(H2,12,13,14,15). The van der Waals surface area contributed by atoms with Gasteiger partial charge in [0.15, 0.2) is 0 Å². The predicted molar refractivity (Wildman–Crippen MR) is 70.0 cm³/mol. The smallest absolute Gasteiger partial charge is 0.330 e. The molecule has 2 aromatic rings. The third-order valence-corrected chi connectivity index (χ3v) is 2.47. The Hall–Kier alpha value is -1.64. The molecule has 0 bridgehead atoms. The van der Waals surface area contributed by atoms with Gasteiger partial charge in [0.2, 0.25) is 5.95 Å². The number of methoxy groups -OCH3 is 1. The van der Waals surface area contributed by atoms with Crippen molar-refractivity contribution in [3.63, 3.8) is 0 Å². The molecule has 88 valence electrons. The summed E-state index contributed by atoms with van der Waals surface area (Å²) in [5, 5.41) is 0. The lowest BCUT2D eigenvalue weighted by molar-refractivity contribution is 0.360. The normalized spacial score (nSPS) is 10.0. The number of aromatic nitrogens is 3. The summed E-state index contributed by atoms with van der Waals surface area (Å²) in [5.74, 6) is 0.682. The van der Waals surface area contributed by atoms with Gasteiger partial charge in [-0.15, -0.1) is 4.98 Å². The van der Waals surface area contributed by atoms with Crippen LogP contribution in [0.15, 0.2) is 24.3 Å². The molecule has 7 heteroatoms. The van der Waals surface area contributed by atoms with Crippen LogP contribution in [-0.2, 0) is 0 Å². The van der Waals surface area contributed by atoms with E-state index in [9.17, 15) is 0 Å². The summed E-state index contributed by atoms with van der Waals surface area (Å²) in [6.07, 6.45) is 0. The second-order valence-corrected chi connectivity index (χ2v) is 4.27. The molecule has 0 radical (unpaired) electrons. The Balaban J connectivity index is 2.26. The fraction of sp³-hybridized carbons (Fsp3) is 0.100. The van der Waals surface area contributed by atoms with Crippen LogP contribution in [0.3, 0.4) is 0 Å². The minimum atomic E-state index is 0.0532. The lowest BCUT2D eigenvalue weighted by atomic mass is 10.3. The molecule has 0 spiro atoms. The van der Waals surface area contributed by atoms with E-state index in [0.29, 0.717) is 5.75 Å². The lowest BCUT2D eigenvalue weighted by Gasteiger charge is -2.05. The van der Waals surface area contributed by atoms with Gasteiger partial charge in [0.05, 0.1) is 7.11 Å². The number of benzene rings is 1. The van der Waals surface area contributed by atoms with Crippen molar-refractivity contribution in [2.75, 3.05) is 12.8 Å². The molecule has 0 saturated carbocycles. The molecule has 0 aliphatic heterocycles. The highest BCUT2D eigenvalue weighted by atomic mass is 127. The first-order valence-electron chi connectivity index (χ1n) is 4.66. The molecule has 17 heavy (non-hydrogen) atoms. The highest BCUT2D eigenvalue weighted by molar-refractivity contribution is 14.1. The molecule has 0 aliphatic rings. The molecule has 6 nitrogen and oxygen atoms in total. The van der Waals surface area contributed by atoms with Crippen molar-refractivity contribution in [3.8, 4) is 17.8 Å². The number of hydrogen-bond donors (Lipinski definition) is 1. The van der Waals surface area contributed by atoms with Crippen LogP contribution < -0.4 is 15.2 Å². The molecule has 0 unspecified atom stereocenters. The molecule has 0 aliphatic carbocycles. The fourth-order valence-corrected chi connectivity index (χ4v) is 1.64. The number of ether oxygens (including phenoxy) is 2. The van der Waals surface area contributed by atoms with Crippen LogP contribution in [0, 0.1) is 3.57 Å². The molecule has 0 fully saturated rings. The van der Waals surface area contributed by atoms with Gasteiger partial charge in [0.1, 0.15) is 5.75 Å². The zero-order chi connectivity index (χ0) is 12.3. The van der Waals surface area contributed by atoms with Crippen molar-refractivity contribution in [2.45, 2.75) is 0 Å². The number of hydrogen-bond acceptors (Lipinski definition) is 6. The van der Waals surface area contributed by atoms with Crippen LogP contribution in [0.1, 0.15) is 0 Å². The van der Waals surface area contributed by atoms with Crippen LogP contribution in [-0.4, -0.2) is 22.1 Å². The Morgan fingerprint density at radius 1 is 1.18 bits per heavy atom. The molecule has 0 atom stereocenters. The zero-order valence-corrected chi connectivity index (χ0v) is 11.1. The van der Waals surface area contributed by atoms with Crippen molar-refractivity contribution in [1.29, 1.82) is 0 Å². The van der Waals surface area contributed by atoms with E-state index in [4.69, 9.17) is 15.2 Å². The van der Waals surface area contributed by atoms with E-state index in [2.05, 4.69) is 37.5 Å². The number of anilines is 1. The summed E-state index contributed by atoms with van der Waals surface area (Å²) in [4.78, 5) is 11.5. The second kappa shape index (κ2) is 5.13. The third-order valence-electron chi connectivity index (χ3n) is 1.80. The monoisotopic (exact) mass is 344 g/mol. The third kappa shape index (κ3) is 3.16. The van der Waals surface area contributed by atoms with Gasteiger partial charge in [-0.2, -0.15) is 9.97 Å². The molecule has 0 amide bonds. The van der Waals surface area contributed by atoms with E-state index < -0.39 is 0 Å². The van der Waals surface area contributed by atoms with Gasteiger partial charge in [-0.25, -0.2) is 0 Å². The molecular weight excluding hydrogens is 335 g/mol. The maximum Gasteiger partial charge on any atom is 0.330 e. The van der Waals surface area contributed by atoms with Crippen molar-refractivity contribution in [3.05, 3.63) is 27.8 Å². The summed E-state index contributed by atoms with van der Waals surface area (Å²) in [5.41, 5.74) is 5.49. The minimum absolute atomic E-state index is 0.0532. The summed E-state index contributed by atoms with van der Waals surface area (Å²) in [6, 6.07) is 7.71. The number of nitrogen functional groups attached to an aromatic ring is 1. The van der Waals surface area contributed by atoms with Crippen molar-refractivity contribution >= 4 is 28.5 Å². The van der Waals surface area contributed by atoms with Crippen LogP contribution in [0.25, 0.3) is 0 Å². The molecule has 2 rings (SSSR count). The van der Waals surface area contributed by atoms with Gasteiger partial charge in [-0.05, 0) is 40.8 Å². The Morgan fingerprint density at radius 2 is 1.94 bits per heavy atom. The van der Waals surface area contributed by atoms with Crippen molar-refractivity contribution in [2.24, 2.45) is 0 Å². The topological polar surface area (TPSA) is 83.2 Å². The Kier molecular flexibility index (Phi) is 3.57. The van der Waals surface area contributed by atoms with E-state index in [1.807, 2.05) is 18.2 Å². The van der Waals surface area contributed by atoms with Crippen molar-refractivity contribution in [1.82, 2.24) is 15.0 Å². The van der Waals surface area contributed by atoms with Gasteiger partial charge >= 0.3 is 12.0 Å². The van der Waals surface area contributed by atoms with Crippen LogP contribution in [0.2, 0.25) is 0 Å². The summed E-state index contributed by atoms with van der Waals surface area (Å²) in [7, 11) is 1.45. The van der Waals surface area contributed by atoms with E-state index in [1.165, 1.54) is 7.11 Å². The molecule has 1 heterocycles. The minimum Gasteiger partial charge on any atom is -0.467 e. The highest BCUT2D eigenvalue weighted by Crippen LogP contribution is 2.21. The summed E-state index contributed by atoms with van der Waals surface area (Å²) in [6.45, 7) is 0. The Labute approximate surface area is 111 Å². The first-order chi connectivity index (χ1) is 8.17. The average Bonchev–Trinajstić information content (AvgIpc) is 2.28. The molecule has 1 aromatic carbocycles. The average molecular weight is 344 g/mol. The Bertz CT molecular complexity index is 535. The molecule has 2 N–H and O–H groups in total. The van der Waals surface area contributed by atoms with E-state index in [0.717, 1.165) is 3.57 Å². The van der Waals surface area contributed by atoms with E-state index in [-0.39, 0.29) is 18.0 Å².